The molecule has 0 aliphatic heterocycles. The van der Waals surface area contributed by atoms with Crippen LogP contribution >= 0.6 is 11.3 Å². The number of anilines is 3. The van der Waals surface area contributed by atoms with E-state index in [2.05, 4.69) is 42.5 Å². The van der Waals surface area contributed by atoms with Crippen molar-refractivity contribution in [1.29, 1.82) is 0 Å². The molecule has 0 atom stereocenters. The summed E-state index contributed by atoms with van der Waals surface area (Å²) >= 11 is 1.75. The van der Waals surface area contributed by atoms with Crippen molar-refractivity contribution in [3.8, 4) is 22.3 Å². The molecule has 11 rings (SSSR count). The highest BCUT2D eigenvalue weighted by atomic mass is 32.1. The summed E-state index contributed by atoms with van der Waals surface area (Å²) in [6.45, 7) is 0. The van der Waals surface area contributed by atoms with Gasteiger partial charge in [0.15, 0.2) is 5.58 Å². The van der Waals surface area contributed by atoms with Gasteiger partial charge in [0, 0.05) is 58.7 Å². The highest BCUT2D eigenvalue weighted by Gasteiger charge is 2.20. The van der Waals surface area contributed by atoms with Crippen LogP contribution in [0.5, 0.6) is 0 Å². The molecule has 52 heavy (non-hydrogen) atoms. The summed E-state index contributed by atoms with van der Waals surface area (Å²) in [7, 11) is 0. The molecular weight excluding hydrogens is 655 g/mol. The SMILES string of the molecule is [2H]c1c([2H])c([2H])c2c(oc3c(N(c4ccc(-c5cccc6c5oc5ccccc56)cc4)c4ccc(-c5cccc6c5sc5ccccc56)cc4)c([2H])c([2H])c([2H])c32)c1[2H]. The maximum absolute atomic E-state index is 9.36. The van der Waals surface area contributed by atoms with E-state index in [0.717, 1.165) is 44.2 Å². The molecule has 244 valence electrons. The number of nitrogens with zero attached hydrogens (tertiary/aromatic N) is 1. The van der Waals surface area contributed by atoms with E-state index in [-0.39, 0.29) is 45.8 Å². The van der Waals surface area contributed by atoms with Gasteiger partial charge in [0.1, 0.15) is 16.7 Å². The van der Waals surface area contributed by atoms with Crippen LogP contribution in [0.3, 0.4) is 0 Å². The summed E-state index contributed by atoms with van der Waals surface area (Å²) in [5.74, 6) is 0. The molecule has 3 aromatic heterocycles. The first-order valence-corrected chi connectivity index (χ1v) is 17.7. The number of thiophene rings is 1. The van der Waals surface area contributed by atoms with E-state index in [4.69, 9.17) is 17.1 Å². The molecule has 3 nitrogen and oxygen atoms in total. The molecule has 3 heterocycles. The van der Waals surface area contributed by atoms with Crippen molar-refractivity contribution >= 4 is 92.4 Å². The number of benzene rings is 8. The van der Waals surface area contributed by atoms with Gasteiger partial charge in [-0.15, -0.1) is 11.3 Å². The van der Waals surface area contributed by atoms with Crippen LogP contribution in [0.25, 0.3) is 86.3 Å². The summed E-state index contributed by atoms with van der Waals surface area (Å²) in [4.78, 5) is 1.80. The second-order valence-electron chi connectivity index (χ2n) is 12.7. The van der Waals surface area contributed by atoms with Gasteiger partial charge in [-0.2, -0.15) is 0 Å². The zero-order chi connectivity index (χ0) is 40.3. The highest BCUT2D eigenvalue weighted by Crippen LogP contribution is 2.45. The Kier molecular flexibility index (Phi) is 5.06. The predicted octanol–water partition coefficient (Wildman–Crippen LogP) is 14.7. The maximum Gasteiger partial charge on any atom is 0.159 e. The van der Waals surface area contributed by atoms with E-state index < -0.39 is 24.2 Å². The molecule has 0 fully saturated rings. The molecule has 0 saturated heterocycles. The average Bonchev–Trinajstić information content (AvgIpc) is 3.98. The van der Waals surface area contributed by atoms with Crippen molar-refractivity contribution in [2.24, 2.45) is 0 Å². The molecule has 0 N–H and O–H groups in total. The van der Waals surface area contributed by atoms with Crippen LogP contribution in [0.4, 0.5) is 17.1 Å². The fourth-order valence-corrected chi connectivity index (χ4v) is 8.65. The standard InChI is InChI=1S/C48H29NO2S/c1-4-19-43-36(10-1)39-15-7-13-34(46(39)50-43)30-22-26-32(27-23-30)49(42-18-9-16-40-37-11-2-5-20-44(37)51-47(40)42)33-28-24-31(25-29-33)35-14-8-17-41-38-12-3-6-21-45(38)52-48(35)41/h1-29H/i2D,5D,9D,11D,16D,18D,20D. The predicted molar refractivity (Wildman–Crippen MR) is 219 cm³/mol. The second kappa shape index (κ2) is 11.5. The van der Waals surface area contributed by atoms with Gasteiger partial charge in [-0.25, -0.2) is 0 Å². The Labute approximate surface area is 313 Å². The quantitative estimate of drug-likeness (QED) is 0.180. The lowest BCUT2D eigenvalue weighted by Crippen LogP contribution is -2.10. The molecular formula is C48H29NO2S. The Balaban J connectivity index is 1.13. The summed E-state index contributed by atoms with van der Waals surface area (Å²) in [6, 6.07) is 41.8. The van der Waals surface area contributed by atoms with E-state index in [1.807, 2.05) is 91.0 Å². The minimum atomic E-state index is -0.469. The van der Waals surface area contributed by atoms with Crippen LogP contribution in [-0.4, -0.2) is 0 Å². The lowest BCUT2D eigenvalue weighted by molar-refractivity contribution is 0.669. The number of furan rings is 2. The van der Waals surface area contributed by atoms with E-state index >= 15 is 0 Å². The number of hydrogen-bond donors (Lipinski definition) is 0. The Hall–Kier alpha value is -6.62. The average molecular weight is 691 g/mol. The number of rotatable bonds is 5. The lowest BCUT2D eigenvalue weighted by atomic mass is 10.0. The largest absolute Gasteiger partial charge is 0.455 e. The van der Waals surface area contributed by atoms with Crippen LogP contribution in [0.2, 0.25) is 0 Å². The highest BCUT2D eigenvalue weighted by molar-refractivity contribution is 7.26. The summed E-state index contributed by atoms with van der Waals surface area (Å²) in [6.07, 6.45) is 0. The first-order chi connectivity index (χ1) is 28.7. The number of fused-ring (bicyclic) bond motifs is 9. The van der Waals surface area contributed by atoms with E-state index in [1.54, 1.807) is 16.2 Å². The van der Waals surface area contributed by atoms with Crippen molar-refractivity contribution in [1.82, 2.24) is 0 Å². The summed E-state index contributed by atoms with van der Waals surface area (Å²) < 4.78 is 76.6. The molecule has 0 amide bonds. The van der Waals surface area contributed by atoms with E-state index in [0.29, 0.717) is 11.4 Å². The third kappa shape index (κ3) is 4.45. The van der Waals surface area contributed by atoms with Gasteiger partial charge in [0.25, 0.3) is 0 Å². The Bertz CT molecular complexity index is 3380. The zero-order valence-electron chi connectivity index (χ0n) is 34.4. The van der Waals surface area contributed by atoms with Crippen molar-refractivity contribution in [3.05, 3.63) is 176 Å². The summed E-state index contributed by atoms with van der Waals surface area (Å²) in [5, 5.41) is 4.49. The summed E-state index contributed by atoms with van der Waals surface area (Å²) in [5.41, 5.74) is 6.74. The van der Waals surface area contributed by atoms with Crippen LogP contribution in [-0.2, 0) is 0 Å². The minimum Gasteiger partial charge on any atom is -0.455 e. The molecule has 0 unspecified atom stereocenters. The Morgan fingerprint density at radius 3 is 1.90 bits per heavy atom. The minimum absolute atomic E-state index is 0.00625. The molecule has 0 saturated carbocycles. The monoisotopic (exact) mass is 690 g/mol. The third-order valence-electron chi connectivity index (χ3n) is 9.82. The number of para-hydroxylation sites is 4. The third-order valence-corrected chi connectivity index (χ3v) is 11.0. The Morgan fingerprint density at radius 2 is 1.08 bits per heavy atom. The smallest absolute Gasteiger partial charge is 0.159 e. The van der Waals surface area contributed by atoms with Gasteiger partial charge in [0.2, 0.25) is 0 Å². The van der Waals surface area contributed by atoms with E-state index in [9.17, 15) is 1.37 Å². The van der Waals surface area contributed by atoms with Crippen LogP contribution < -0.4 is 4.90 Å². The first kappa shape index (κ1) is 23.0. The molecule has 11 aromatic rings. The molecule has 0 aliphatic carbocycles. The lowest BCUT2D eigenvalue weighted by Gasteiger charge is -2.26. The van der Waals surface area contributed by atoms with Crippen molar-refractivity contribution in [2.45, 2.75) is 0 Å². The Morgan fingerprint density at radius 1 is 0.442 bits per heavy atom. The molecule has 0 spiro atoms. The topological polar surface area (TPSA) is 29.5 Å². The van der Waals surface area contributed by atoms with Gasteiger partial charge < -0.3 is 13.7 Å². The van der Waals surface area contributed by atoms with Gasteiger partial charge in [-0.1, -0.05) is 127 Å². The van der Waals surface area contributed by atoms with E-state index in [1.165, 1.54) is 20.2 Å². The zero-order valence-corrected chi connectivity index (χ0v) is 28.2. The van der Waals surface area contributed by atoms with Gasteiger partial charge >= 0.3 is 0 Å². The second-order valence-corrected chi connectivity index (χ2v) is 13.8. The molecule has 8 aromatic carbocycles. The van der Waals surface area contributed by atoms with Crippen LogP contribution in [0, 0.1) is 0 Å². The van der Waals surface area contributed by atoms with Crippen molar-refractivity contribution in [3.63, 3.8) is 0 Å². The van der Waals surface area contributed by atoms with Gasteiger partial charge in [-0.3, -0.25) is 0 Å². The van der Waals surface area contributed by atoms with Gasteiger partial charge in [0.05, 0.1) is 15.3 Å². The molecule has 4 heteroatoms. The first-order valence-electron chi connectivity index (χ1n) is 20.4. The normalized spacial score (nSPS) is 13.7. The van der Waals surface area contributed by atoms with Gasteiger partial charge in [-0.05, 0) is 65.2 Å². The molecule has 0 bridgehead atoms. The molecule has 0 aliphatic rings. The van der Waals surface area contributed by atoms with Crippen molar-refractivity contribution < 1.29 is 18.4 Å². The fourth-order valence-electron chi connectivity index (χ4n) is 7.41. The number of hydrogen-bond acceptors (Lipinski definition) is 4. The van der Waals surface area contributed by atoms with Crippen molar-refractivity contribution in [2.75, 3.05) is 4.90 Å². The fraction of sp³-hybridized carbons (Fsp3) is 0. The molecule has 0 radical (unpaired) electrons. The van der Waals surface area contributed by atoms with Crippen LogP contribution in [0.15, 0.2) is 185 Å². The maximum atomic E-state index is 9.36. The van der Waals surface area contributed by atoms with Crippen LogP contribution in [0.1, 0.15) is 9.60 Å².